The van der Waals surface area contributed by atoms with Crippen molar-refractivity contribution in [2.24, 2.45) is 17.3 Å². The Balaban J connectivity index is 2.44. The second-order valence-corrected chi connectivity index (χ2v) is 6.17. The Morgan fingerprint density at radius 1 is 1.14 bits per heavy atom. The van der Waals surface area contributed by atoms with Crippen LogP contribution in [0.3, 0.4) is 0 Å². The highest BCUT2D eigenvalue weighted by Crippen LogP contribution is 2.39. The number of amides is 1. The summed E-state index contributed by atoms with van der Waals surface area (Å²) >= 11 is 0. The van der Waals surface area contributed by atoms with Gasteiger partial charge in [0, 0.05) is 17.9 Å². The molecule has 0 radical (unpaired) electrons. The standard InChI is InChI=1S/C15H26F3NO2/c1-3-14(4-2,10-20)9-19-13(21)11-5-7-12(8-6-11)15(16,17)18/h11-12,20H,3-10H2,1-2H3,(H,19,21). The fraction of sp³-hybridized carbons (Fsp3) is 0.933. The zero-order chi connectivity index (χ0) is 16.1. The molecule has 0 spiro atoms. The SMILES string of the molecule is CCC(CC)(CO)CNC(=O)C1CCC(C(F)(F)F)CC1. The molecule has 124 valence electrons. The average Bonchev–Trinajstić information content (AvgIpc) is 2.48. The first-order chi connectivity index (χ1) is 9.78. The van der Waals surface area contributed by atoms with Gasteiger partial charge in [-0.25, -0.2) is 0 Å². The molecule has 3 nitrogen and oxygen atoms in total. The lowest BCUT2D eigenvalue weighted by Crippen LogP contribution is -2.43. The molecule has 1 rings (SSSR count). The number of carbonyl (C=O) groups excluding carboxylic acids is 1. The van der Waals surface area contributed by atoms with Gasteiger partial charge in [0.2, 0.25) is 5.91 Å². The van der Waals surface area contributed by atoms with Crippen LogP contribution in [0.25, 0.3) is 0 Å². The van der Waals surface area contributed by atoms with Gasteiger partial charge in [0.15, 0.2) is 0 Å². The molecule has 0 unspecified atom stereocenters. The number of aliphatic hydroxyl groups is 1. The third-order valence-electron chi connectivity index (χ3n) is 5.03. The van der Waals surface area contributed by atoms with Crippen molar-refractivity contribution >= 4 is 5.91 Å². The molecule has 0 heterocycles. The lowest BCUT2D eigenvalue weighted by Gasteiger charge is -2.32. The molecule has 1 aliphatic carbocycles. The monoisotopic (exact) mass is 309 g/mol. The van der Waals surface area contributed by atoms with E-state index in [1.165, 1.54) is 0 Å². The molecule has 0 aromatic heterocycles. The van der Waals surface area contributed by atoms with Crippen LogP contribution in [-0.4, -0.2) is 30.3 Å². The lowest BCUT2D eigenvalue weighted by atomic mass is 9.80. The topological polar surface area (TPSA) is 49.3 Å². The summed E-state index contributed by atoms with van der Waals surface area (Å²) < 4.78 is 37.7. The Hall–Kier alpha value is -0.780. The summed E-state index contributed by atoms with van der Waals surface area (Å²) in [5, 5.41) is 12.3. The van der Waals surface area contributed by atoms with E-state index in [0.29, 0.717) is 19.4 Å². The van der Waals surface area contributed by atoms with Crippen LogP contribution in [0, 0.1) is 17.3 Å². The summed E-state index contributed by atoms with van der Waals surface area (Å²) in [6, 6.07) is 0. The molecule has 0 saturated heterocycles. The van der Waals surface area contributed by atoms with Gasteiger partial charge in [-0.15, -0.1) is 0 Å². The summed E-state index contributed by atoms with van der Waals surface area (Å²) in [5.74, 6) is -1.76. The fourth-order valence-electron chi connectivity index (χ4n) is 2.88. The molecule has 6 heteroatoms. The fourth-order valence-corrected chi connectivity index (χ4v) is 2.88. The third-order valence-corrected chi connectivity index (χ3v) is 5.03. The molecular weight excluding hydrogens is 283 g/mol. The molecule has 1 fully saturated rings. The Kier molecular flexibility index (Phi) is 6.50. The van der Waals surface area contributed by atoms with Crippen molar-refractivity contribution in [3.63, 3.8) is 0 Å². The van der Waals surface area contributed by atoms with Crippen molar-refractivity contribution in [3.8, 4) is 0 Å². The first-order valence-corrected chi connectivity index (χ1v) is 7.73. The van der Waals surface area contributed by atoms with E-state index in [-0.39, 0.29) is 36.7 Å². The summed E-state index contributed by atoms with van der Waals surface area (Å²) in [7, 11) is 0. The second-order valence-electron chi connectivity index (χ2n) is 6.17. The summed E-state index contributed by atoms with van der Waals surface area (Å²) in [6.07, 6.45) is -1.98. The smallest absolute Gasteiger partial charge is 0.391 e. The van der Waals surface area contributed by atoms with Crippen molar-refractivity contribution in [2.75, 3.05) is 13.2 Å². The molecule has 0 atom stereocenters. The predicted octanol–water partition coefficient (Wildman–Crippen LogP) is 3.27. The van der Waals surface area contributed by atoms with Crippen LogP contribution >= 0.6 is 0 Å². The van der Waals surface area contributed by atoms with Gasteiger partial charge in [-0.1, -0.05) is 13.8 Å². The molecule has 1 aliphatic rings. The second kappa shape index (κ2) is 7.47. The summed E-state index contributed by atoms with van der Waals surface area (Å²) in [4.78, 5) is 12.1. The molecule has 0 aromatic rings. The minimum Gasteiger partial charge on any atom is -0.396 e. The Morgan fingerprint density at radius 2 is 1.67 bits per heavy atom. The van der Waals surface area contributed by atoms with Gasteiger partial charge in [0.25, 0.3) is 0 Å². The minimum absolute atomic E-state index is 0.00109. The minimum atomic E-state index is -4.14. The average molecular weight is 309 g/mol. The van der Waals surface area contributed by atoms with E-state index in [2.05, 4.69) is 5.32 Å². The maximum atomic E-state index is 12.6. The van der Waals surface area contributed by atoms with Crippen molar-refractivity contribution < 1.29 is 23.1 Å². The van der Waals surface area contributed by atoms with Crippen LogP contribution in [-0.2, 0) is 4.79 Å². The molecule has 2 N–H and O–H groups in total. The molecule has 0 bridgehead atoms. The molecule has 1 amide bonds. The largest absolute Gasteiger partial charge is 0.396 e. The van der Waals surface area contributed by atoms with E-state index >= 15 is 0 Å². The lowest BCUT2D eigenvalue weighted by molar-refractivity contribution is -0.184. The van der Waals surface area contributed by atoms with Gasteiger partial charge >= 0.3 is 6.18 Å². The van der Waals surface area contributed by atoms with Crippen LogP contribution in [0.5, 0.6) is 0 Å². The van der Waals surface area contributed by atoms with Crippen molar-refractivity contribution in [3.05, 3.63) is 0 Å². The Labute approximate surface area is 124 Å². The number of hydrogen-bond acceptors (Lipinski definition) is 2. The molecular formula is C15H26F3NO2. The van der Waals surface area contributed by atoms with Gasteiger partial charge in [-0.2, -0.15) is 13.2 Å². The van der Waals surface area contributed by atoms with Crippen molar-refractivity contribution in [1.82, 2.24) is 5.32 Å². The van der Waals surface area contributed by atoms with E-state index in [4.69, 9.17) is 0 Å². The maximum absolute atomic E-state index is 12.6. The van der Waals surface area contributed by atoms with Gasteiger partial charge in [-0.3, -0.25) is 4.79 Å². The molecule has 0 aromatic carbocycles. The highest BCUT2D eigenvalue weighted by Gasteiger charge is 2.42. The number of carbonyl (C=O) groups is 1. The van der Waals surface area contributed by atoms with Gasteiger partial charge < -0.3 is 10.4 Å². The van der Waals surface area contributed by atoms with Crippen LogP contribution in [0.2, 0.25) is 0 Å². The van der Waals surface area contributed by atoms with Gasteiger partial charge in [0.05, 0.1) is 12.5 Å². The number of alkyl halides is 3. The van der Waals surface area contributed by atoms with Crippen LogP contribution in [0.1, 0.15) is 52.4 Å². The van der Waals surface area contributed by atoms with Gasteiger partial charge in [0.1, 0.15) is 0 Å². The van der Waals surface area contributed by atoms with Crippen molar-refractivity contribution in [2.45, 2.75) is 58.5 Å². The molecule has 21 heavy (non-hydrogen) atoms. The van der Waals surface area contributed by atoms with E-state index in [9.17, 15) is 23.1 Å². The van der Waals surface area contributed by atoms with Crippen LogP contribution in [0.4, 0.5) is 13.2 Å². The first-order valence-electron chi connectivity index (χ1n) is 7.73. The van der Waals surface area contributed by atoms with Gasteiger partial charge in [-0.05, 0) is 38.5 Å². The number of aliphatic hydroxyl groups excluding tert-OH is 1. The maximum Gasteiger partial charge on any atom is 0.391 e. The third kappa shape index (κ3) is 4.87. The number of nitrogens with one attached hydrogen (secondary N) is 1. The van der Waals surface area contributed by atoms with Crippen LogP contribution in [0.15, 0.2) is 0 Å². The quantitative estimate of drug-likeness (QED) is 0.791. The highest BCUT2D eigenvalue weighted by molar-refractivity contribution is 5.78. The Bertz CT molecular complexity index is 324. The van der Waals surface area contributed by atoms with E-state index < -0.39 is 12.1 Å². The zero-order valence-corrected chi connectivity index (χ0v) is 12.8. The van der Waals surface area contributed by atoms with E-state index in [1.807, 2.05) is 13.8 Å². The zero-order valence-electron chi connectivity index (χ0n) is 12.8. The van der Waals surface area contributed by atoms with Crippen molar-refractivity contribution in [1.29, 1.82) is 0 Å². The summed E-state index contributed by atoms with van der Waals surface area (Å²) in [5.41, 5.74) is -0.321. The first kappa shape index (κ1) is 18.3. The molecule has 1 saturated carbocycles. The van der Waals surface area contributed by atoms with E-state index in [1.54, 1.807) is 0 Å². The van der Waals surface area contributed by atoms with Crippen LogP contribution < -0.4 is 5.32 Å². The Morgan fingerprint density at radius 3 is 2.05 bits per heavy atom. The highest BCUT2D eigenvalue weighted by atomic mass is 19.4. The normalized spacial score (nSPS) is 23.9. The number of hydrogen-bond donors (Lipinski definition) is 2. The number of rotatable bonds is 6. The predicted molar refractivity (Wildman–Crippen MR) is 74.6 cm³/mol. The number of halogens is 3. The summed E-state index contributed by atoms with van der Waals surface area (Å²) in [6.45, 7) is 4.30. The molecule has 0 aliphatic heterocycles. The van der Waals surface area contributed by atoms with E-state index in [0.717, 1.165) is 12.8 Å².